The van der Waals surface area contributed by atoms with E-state index in [1.807, 2.05) is 37.4 Å². The smallest absolute Gasteiger partial charge is 0.370 e. The number of fused-ring (bicyclic) bond motifs is 1. The van der Waals surface area contributed by atoms with Crippen LogP contribution < -0.4 is 10.2 Å². The minimum Gasteiger partial charge on any atom is -0.370 e. The Kier molecular flexibility index (Phi) is 6.18. The van der Waals surface area contributed by atoms with Gasteiger partial charge < -0.3 is 9.88 Å². The number of hydrogen-bond donors (Lipinski definition) is 1. The molecule has 0 fully saturated rings. The molecule has 0 atom stereocenters. The first-order chi connectivity index (χ1) is 17.6. The monoisotopic (exact) mass is 506 g/mol. The molecule has 0 unspecified atom stereocenters. The molecular formula is C27H25F3N6O. The van der Waals surface area contributed by atoms with Crippen LogP contribution in [-0.2, 0) is 19.8 Å². The van der Waals surface area contributed by atoms with Crippen molar-refractivity contribution >= 4 is 17.5 Å². The molecule has 1 amide bonds. The minimum absolute atomic E-state index is 0.0385. The largest absolute Gasteiger partial charge is 0.416 e. The zero-order valence-electron chi connectivity index (χ0n) is 20.5. The normalized spacial score (nSPS) is 13.4. The number of aromatic nitrogens is 4. The number of nitrogens with one attached hydrogen (secondary N) is 1. The predicted molar refractivity (Wildman–Crippen MR) is 135 cm³/mol. The van der Waals surface area contributed by atoms with Crippen molar-refractivity contribution in [3.8, 4) is 22.5 Å². The third-order valence-electron chi connectivity index (χ3n) is 6.24. The van der Waals surface area contributed by atoms with E-state index in [1.54, 1.807) is 17.0 Å². The van der Waals surface area contributed by atoms with E-state index in [1.165, 1.54) is 17.0 Å². The molecule has 0 aliphatic carbocycles. The molecule has 7 nitrogen and oxygen atoms in total. The second-order valence-corrected chi connectivity index (χ2v) is 9.41. The molecule has 0 radical (unpaired) electrons. The maximum Gasteiger partial charge on any atom is 0.416 e. The van der Waals surface area contributed by atoms with Crippen LogP contribution in [0.5, 0.6) is 0 Å². The van der Waals surface area contributed by atoms with Gasteiger partial charge in [0.25, 0.3) is 5.91 Å². The summed E-state index contributed by atoms with van der Waals surface area (Å²) in [5.41, 5.74) is 1.60. The number of halogens is 3. The van der Waals surface area contributed by atoms with Gasteiger partial charge in [0.1, 0.15) is 18.0 Å². The maximum absolute atomic E-state index is 13.7. The molecule has 5 rings (SSSR count). The summed E-state index contributed by atoms with van der Waals surface area (Å²) in [5.74, 6) is 1.26. The number of pyridine rings is 1. The standard InChI is InChI=1S/C27H25F3N6O/c1-16(2)13-31-23-11-17(18-7-4-5-8-19(18)25-34-32-15-35(25)3)12-24(33-23)36-14-21-20(26(36)37)9-6-10-22(21)27(28,29)30/h4-12,15-16H,13-14H2,1-3H3,(H,31,33). The van der Waals surface area contributed by atoms with E-state index in [4.69, 9.17) is 0 Å². The lowest BCUT2D eigenvalue weighted by Crippen LogP contribution is -2.24. The van der Waals surface area contributed by atoms with Crippen molar-refractivity contribution in [1.82, 2.24) is 19.7 Å². The SMILES string of the molecule is CC(C)CNc1cc(-c2ccccc2-c2nncn2C)cc(N2Cc3c(cccc3C(F)(F)F)C2=O)n1. The molecule has 1 aliphatic rings. The topological polar surface area (TPSA) is 75.9 Å². The first-order valence-electron chi connectivity index (χ1n) is 11.8. The molecule has 0 spiro atoms. The van der Waals surface area contributed by atoms with E-state index in [0.717, 1.165) is 22.8 Å². The third kappa shape index (κ3) is 4.66. The fourth-order valence-electron chi connectivity index (χ4n) is 4.45. The van der Waals surface area contributed by atoms with Crippen LogP contribution in [-0.4, -0.2) is 32.2 Å². The van der Waals surface area contributed by atoms with Crippen LogP contribution in [0.25, 0.3) is 22.5 Å². The fraction of sp³-hybridized carbons (Fsp3) is 0.259. The van der Waals surface area contributed by atoms with Gasteiger partial charge in [0.15, 0.2) is 5.82 Å². The van der Waals surface area contributed by atoms with Crippen molar-refractivity contribution in [3.63, 3.8) is 0 Å². The van der Waals surface area contributed by atoms with Crippen LogP contribution in [0.3, 0.4) is 0 Å². The number of hydrogen-bond acceptors (Lipinski definition) is 5. The highest BCUT2D eigenvalue weighted by atomic mass is 19.4. The van der Waals surface area contributed by atoms with Crippen molar-refractivity contribution in [3.05, 3.63) is 77.6 Å². The predicted octanol–water partition coefficient (Wildman–Crippen LogP) is 5.79. The van der Waals surface area contributed by atoms with E-state index in [2.05, 4.69) is 34.3 Å². The van der Waals surface area contributed by atoms with Gasteiger partial charge in [-0.3, -0.25) is 9.69 Å². The number of carbonyl (C=O) groups excluding carboxylic acids is 1. The van der Waals surface area contributed by atoms with Crippen LogP contribution in [0, 0.1) is 5.92 Å². The van der Waals surface area contributed by atoms with Crippen molar-refractivity contribution in [2.24, 2.45) is 13.0 Å². The van der Waals surface area contributed by atoms with Gasteiger partial charge in [-0.15, -0.1) is 10.2 Å². The number of aryl methyl sites for hydroxylation is 1. The molecule has 0 saturated carbocycles. The molecule has 2 aromatic heterocycles. The second kappa shape index (κ2) is 9.34. The number of amides is 1. The number of carbonyl (C=O) groups is 1. The average molecular weight is 507 g/mol. The van der Waals surface area contributed by atoms with Gasteiger partial charge in [-0.05, 0) is 46.9 Å². The van der Waals surface area contributed by atoms with Crippen LogP contribution in [0.2, 0.25) is 0 Å². The number of benzene rings is 2. The Morgan fingerprint density at radius 2 is 1.76 bits per heavy atom. The summed E-state index contributed by atoms with van der Waals surface area (Å²) in [6.07, 6.45) is -2.95. The molecule has 37 heavy (non-hydrogen) atoms. The second-order valence-electron chi connectivity index (χ2n) is 9.41. The van der Waals surface area contributed by atoms with Crippen LogP contribution in [0.15, 0.2) is 60.9 Å². The number of alkyl halides is 3. The van der Waals surface area contributed by atoms with Gasteiger partial charge >= 0.3 is 6.18 Å². The highest BCUT2D eigenvalue weighted by Gasteiger charge is 2.40. The average Bonchev–Trinajstić information content (AvgIpc) is 3.44. The fourth-order valence-corrected chi connectivity index (χ4v) is 4.45. The first-order valence-corrected chi connectivity index (χ1v) is 11.8. The lowest BCUT2D eigenvalue weighted by atomic mass is 9.99. The Balaban J connectivity index is 1.62. The minimum atomic E-state index is -4.56. The molecule has 3 heterocycles. The summed E-state index contributed by atoms with van der Waals surface area (Å²) in [6, 6.07) is 14.9. The molecule has 0 bridgehead atoms. The van der Waals surface area contributed by atoms with Crippen LogP contribution in [0.1, 0.15) is 35.3 Å². The summed E-state index contributed by atoms with van der Waals surface area (Å²) >= 11 is 0. The lowest BCUT2D eigenvalue weighted by Gasteiger charge is -2.19. The van der Waals surface area contributed by atoms with E-state index < -0.39 is 17.6 Å². The molecule has 10 heteroatoms. The Morgan fingerprint density at radius 1 is 1.03 bits per heavy atom. The summed E-state index contributed by atoms with van der Waals surface area (Å²) in [7, 11) is 1.85. The van der Waals surface area contributed by atoms with Gasteiger partial charge in [-0.2, -0.15) is 13.2 Å². The number of anilines is 2. The van der Waals surface area contributed by atoms with Gasteiger partial charge in [-0.1, -0.05) is 44.2 Å². The molecule has 2 aromatic carbocycles. The molecule has 0 saturated heterocycles. The van der Waals surface area contributed by atoms with E-state index >= 15 is 0 Å². The Hall–Kier alpha value is -4.21. The molecule has 190 valence electrons. The van der Waals surface area contributed by atoms with E-state index in [9.17, 15) is 18.0 Å². The summed E-state index contributed by atoms with van der Waals surface area (Å²) < 4.78 is 42.8. The van der Waals surface area contributed by atoms with E-state index in [0.29, 0.717) is 24.1 Å². The quantitative estimate of drug-likeness (QED) is 0.358. The molecule has 1 N–H and O–H groups in total. The highest BCUT2D eigenvalue weighted by molar-refractivity contribution is 6.10. The number of rotatable bonds is 6. The number of nitrogens with zero attached hydrogens (tertiary/aromatic N) is 5. The highest BCUT2D eigenvalue weighted by Crippen LogP contribution is 2.40. The van der Waals surface area contributed by atoms with Crippen LogP contribution in [0.4, 0.5) is 24.8 Å². The van der Waals surface area contributed by atoms with Gasteiger partial charge in [-0.25, -0.2) is 4.98 Å². The van der Waals surface area contributed by atoms with Crippen molar-refractivity contribution in [2.75, 3.05) is 16.8 Å². The Bertz CT molecular complexity index is 1480. The Labute approximate surface area is 212 Å². The van der Waals surface area contributed by atoms with E-state index in [-0.39, 0.29) is 23.5 Å². The zero-order valence-corrected chi connectivity index (χ0v) is 20.5. The van der Waals surface area contributed by atoms with Gasteiger partial charge in [0.05, 0.1) is 12.1 Å². The molecular weight excluding hydrogens is 481 g/mol. The maximum atomic E-state index is 13.7. The van der Waals surface area contributed by atoms with Crippen molar-refractivity contribution < 1.29 is 18.0 Å². The summed E-state index contributed by atoms with van der Waals surface area (Å²) in [6.45, 7) is 4.53. The molecule has 4 aromatic rings. The lowest BCUT2D eigenvalue weighted by molar-refractivity contribution is -0.138. The summed E-state index contributed by atoms with van der Waals surface area (Å²) in [4.78, 5) is 19.2. The van der Waals surface area contributed by atoms with Crippen LogP contribution >= 0.6 is 0 Å². The van der Waals surface area contributed by atoms with Crippen molar-refractivity contribution in [1.29, 1.82) is 0 Å². The summed E-state index contributed by atoms with van der Waals surface area (Å²) in [5, 5.41) is 11.5. The van der Waals surface area contributed by atoms with Gasteiger partial charge in [0.2, 0.25) is 0 Å². The molecule has 1 aliphatic heterocycles. The third-order valence-corrected chi connectivity index (χ3v) is 6.24. The van der Waals surface area contributed by atoms with Gasteiger partial charge in [0, 0.05) is 24.7 Å². The zero-order chi connectivity index (χ0) is 26.3. The Morgan fingerprint density at radius 3 is 2.43 bits per heavy atom. The first kappa shape index (κ1) is 24.5. The van der Waals surface area contributed by atoms with Crippen molar-refractivity contribution in [2.45, 2.75) is 26.6 Å².